The van der Waals surface area contributed by atoms with Gasteiger partial charge in [-0.1, -0.05) is 0 Å². The number of carbonyl (C=O) groups is 1. The first-order valence-electron chi connectivity index (χ1n) is 4.63. The number of benzene rings is 1. The van der Waals surface area contributed by atoms with Crippen molar-refractivity contribution in [2.75, 3.05) is 13.8 Å². The van der Waals surface area contributed by atoms with Crippen LogP contribution in [0, 0.1) is 0 Å². The summed E-state index contributed by atoms with van der Waals surface area (Å²) in [5.74, 6) is 1.38. The van der Waals surface area contributed by atoms with E-state index in [1.807, 2.05) is 6.07 Å². The van der Waals surface area contributed by atoms with Crippen LogP contribution in [-0.4, -0.2) is 31.1 Å². The van der Waals surface area contributed by atoms with Gasteiger partial charge < -0.3 is 15.2 Å². The summed E-state index contributed by atoms with van der Waals surface area (Å²) in [5.41, 5.74) is 5.82. The molecule has 1 aromatic carbocycles. The monoisotopic (exact) mass is 221 g/mol. The van der Waals surface area contributed by atoms with E-state index in [1.165, 1.54) is 13.3 Å². The lowest BCUT2D eigenvalue weighted by Crippen LogP contribution is -2.27. The van der Waals surface area contributed by atoms with Gasteiger partial charge in [-0.3, -0.25) is 0 Å². The van der Waals surface area contributed by atoms with Gasteiger partial charge in [-0.05, 0) is 23.8 Å². The molecular formula is C10H11N3O3. The molecule has 0 spiro atoms. The molecule has 0 aliphatic carbocycles. The van der Waals surface area contributed by atoms with E-state index in [0.717, 1.165) is 10.6 Å². The lowest BCUT2D eigenvalue weighted by Gasteiger charge is -2.05. The molecule has 16 heavy (non-hydrogen) atoms. The Morgan fingerprint density at radius 2 is 2.25 bits per heavy atom. The van der Waals surface area contributed by atoms with E-state index in [2.05, 4.69) is 5.10 Å². The van der Waals surface area contributed by atoms with E-state index in [9.17, 15) is 4.79 Å². The van der Waals surface area contributed by atoms with Crippen LogP contribution in [0.1, 0.15) is 5.56 Å². The minimum absolute atomic E-state index is 0.233. The van der Waals surface area contributed by atoms with Crippen LogP contribution in [0.25, 0.3) is 0 Å². The fraction of sp³-hybridized carbons (Fsp3) is 0.200. The summed E-state index contributed by atoms with van der Waals surface area (Å²) in [4.78, 5) is 10.7. The van der Waals surface area contributed by atoms with Crippen molar-refractivity contribution in [3.05, 3.63) is 23.8 Å². The number of nitrogens with two attached hydrogens (primary N) is 1. The predicted molar refractivity (Wildman–Crippen MR) is 57.5 cm³/mol. The maximum atomic E-state index is 10.7. The Morgan fingerprint density at radius 3 is 3.00 bits per heavy atom. The van der Waals surface area contributed by atoms with Crippen LogP contribution in [0.4, 0.5) is 4.79 Å². The molecule has 1 aromatic rings. The molecule has 1 aliphatic heterocycles. The van der Waals surface area contributed by atoms with Crippen LogP contribution in [-0.2, 0) is 0 Å². The minimum atomic E-state index is -0.614. The summed E-state index contributed by atoms with van der Waals surface area (Å²) in [7, 11) is 1.48. The smallest absolute Gasteiger partial charge is 0.334 e. The van der Waals surface area contributed by atoms with Gasteiger partial charge in [0.05, 0.1) is 6.21 Å². The molecule has 0 fully saturated rings. The number of carbonyl (C=O) groups excluding carboxylic acids is 1. The number of hydrogen-bond acceptors (Lipinski definition) is 4. The molecule has 0 saturated carbocycles. The zero-order chi connectivity index (χ0) is 11.5. The normalized spacial score (nSPS) is 13.1. The molecule has 0 radical (unpaired) electrons. The van der Waals surface area contributed by atoms with E-state index in [0.29, 0.717) is 11.5 Å². The Kier molecular flexibility index (Phi) is 2.63. The third kappa shape index (κ3) is 2.05. The second kappa shape index (κ2) is 4.09. The van der Waals surface area contributed by atoms with Gasteiger partial charge in [-0.25, -0.2) is 9.80 Å². The molecule has 2 amide bonds. The number of hydrogen-bond donors (Lipinski definition) is 1. The topological polar surface area (TPSA) is 77.2 Å². The molecular weight excluding hydrogens is 210 g/mol. The second-order valence-electron chi connectivity index (χ2n) is 3.22. The zero-order valence-electron chi connectivity index (χ0n) is 8.71. The van der Waals surface area contributed by atoms with Gasteiger partial charge in [-0.15, -0.1) is 0 Å². The molecule has 2 N–H and O–H groups in total. The number of nitrogens with zero attached hydrogens (tertiary/aromatic N) is 2. The average molecular weight is 221 g/mol. The summed E-state index contributed by atoms with van der Waals surface area (Å²) >= 11 is 0. The summed E-state index contributed by atoms with van der Waals surface area (Å²) in [5, 5.41) is 4.90. The second-order valence-corrected chi connectivity index (χ2v) is 3.22. The van der Waals surface area contributed by atoms with Crippen molar-refractivity contribution >= 4 is 12.2 Å². The first-order chi connectivity index (χ1) is 7.66. The highest BCUT2D eigenvalue weighted by atomic mass is 16.7. The van der Waals surface area contributed by atoms with Crippen LogP contribution in [0.3, 0.4) is 0 Å². The summed E-state index contributed by atoms with van der Waals surface area (Å²) in [6.07, 6.45) is 1.52. The molecule has 0 unspecified atom stereocenters. The van der Waals surface area contributed by atoms with Crippen molar-refractivity contribution in [3.63, 3.8) is 0 Å². The standard InChI is InChI=1S/C10H11N3O3/c1-13(10(11)14)12-5-7-2-3-8-9(4-7)16-6-15-8/h2-5H,6H2,1H3,(H2,11,14)/b12-5-. The van der Waals surface area contributed by atoms with Crippen LogP contribution in [0.15, 0.2) is 23.3 Å². The maximum absolute atomic E-state index is 10.7. The largest absolute Gasteiger partial charge is 0.454 e. The average Bonchev–Trinajstić information content (AvgIpc) is 2.72. The van der Waals surface area contributed by atoms with Gasteiger partial charge in [0.1, 0.15) is 0 Å². The van der Waals surface area contributed by atoms with Gasteiger partial charge in [0, 0.05) is 7.05 Å². The van der Waals surface area contributed by atoms with Crippen molar-refractivity contribution in [2.24, 2.45) is 10.8 Å². The number of urea groups is 1. The van der Waals surface area contributed by atoms with Crippen molar-refractivity contribution in [3.8, 4) is 11.5 Å². The number of amides is 2. The van der Waals surface area contributed by atoms with E-state index in [4.69, 9.17) is 15.2 Å². The molecule has 1 aliphatic rings. The number of hydrazone groups is 1. The van der Waals surface area contributed by atoms with Crippen LogP contribution in [0.2, 0.25) is 0 Å². The Balaban J connectivity index is 2.13. The Hall–Kier alpha value is -2.24. The Morgan fingerprint density at radius 1 is 1.50 bits per heavy atom. The maximum Gasteiger partial charge on any atom is 0.334 e. The molecule has 0 atom stereocenters. The fourth-order valence-corrected chi connectivity index (χ4v) is 1.20. The van der Waals surface area contributed by atoms with Crippen molar-refractivity contribution in [2.45, 2.75) is 0 Å². The predicted octanol–water partition coefficient (Wildman–Crippen LogP) is 0.760. The fourth-order valence-electron chi connectivity index (χ4n) is 1.20. The van der Waals surface area contributed by atoms with Crippen molar-refractivity contribution < 1.29 is 14.3 Å². The highest BCUT2D eigenvalue weighted by Crippen LogP contribution is 2.31. The van der Waals surface area contributed by atoms with Gasteiger partial charge in [-0.2, -0.15) is 5.10 Å². The van der Waals surface area contributed by atoms with Gasteiger partial charge >= 0.3 is 6.03 Å². The van der Waals surface area contributed by atoms with Crippen molar-refractivity contribution in [1.29, 1.82) is 0 Å². The molecule has 1 heterocycles. The first-order valence-corrected chi connectivity index (χ1v) is 4.63. The lowest BCUT2D eigenvalue weighted by atomic mass is 10.2. The molecule has 6 heteroatoms. The summed E-state index contributed by atoms with van der Waals surface area (Å²) in [6.45, 7) is 0.233. The Bertz CT molecular complexity index is 445. The quantitative estimate of drug-likeness (QED) is 0.591. The van der Waals surface area contributed by atoms with Crippen LogP contribution >= 0.6 is 0 Å². The van der Waals surface area contributed by atoms with E-state index in [1.54, 1.807) is 12.1 Å². The molecule has 84 valence electrons. The van der Waals surface area contributed by atoms with Gasteiger partial charge in [0.2, 0.25) is 6.79 Å². The van der Waals surface area contributed by atoms with Crippen molar-refractivity contribution in [1.82, 2.24) is 5.01 Å². The van der Waals surface area contributed by atoms with E-state index in [-0.39, 0.29) is 6.79 Å². The third-order valence-corrected chi connectivity index (χ3v) is 2.10. The lowest BCUT2D eigenvalue weighted by molar-refractivity contribution is 0.174. The number of ether oxygens (including phenoxy) is 2. The molecule has 6 nitrogen and oxygen atoms in total. The van der Waals surface area contributed by atoms with E-state index < -0.39 is 6.03 Å². The van der Waals surface area contributed by atoms with Gasteiger partial charge in [0.15, 0.2) is 11.5 Å². The number of fused-ring (bicyclic) bond motifs is 1. The molecule has 0 aromatic heterocycles. The van der Waals surface area contributed by atoms with Crippen LogP contribution in [0.5, 0.6) is 11.5 Å². The summed E-state index contributed by atoms with van der Waals surface area (Å²) < 4.78 is 10.4. The molecule has 2 rings (SSSR count). The molecule has 0 saturated heterocycles. The Labute approximate surface area is 92.2 Å². The SMILES string of the molecule is CN(/N=C\c1ccc2c(c1)OCO2)C(N)=O. The first kappa shape index (κ1) is 10.3. The number of rotatable bonds is 2. The highest BCUT2D eigenvalue weighted by Gasteiger charge is 2.12. The highest BCUT2D eigenvalue weighted by molar-refractivity contribution is 5.82. The third-order valence-electron chi connectivity index (χ3n) is 2.10. The zero-order valence-corrected chi connectivity index (χ0v) is 8.71. The summed E-state index contributed by atoms with van der Waals surface area (Å²) in [6, 6.07) is 4.76. The number of primary amides is 1. The van der Waals surface area contributed by atoms with E-state index >= 15 is 0 Å². The van der Waals surface area contributed by atoms with Crippen LogP contribution < -0.4 is 15.2 Å². The minimum Gasteiger partial charge on any atom is -0.454 e. The molecule has 0 bridgehead atoms. The van der Waals surface area contributed by atoms with Gasteiger partial charge in [0.25, 0.3) is 0 Å².